The third kappa shape index (κ3) is 4.23. The minimum atomic E-state index is 0.0642. The van der Waals surface area contributed by atoms with Crippen molar-refractivity contribution in [2.75, 3.05) is 11.1 Å². The Hall–Kier alpha value is -2.60. The summed E-state index contributed by atoms with van der Waals surface area (Å²) >= 11 is 1.69. The number of aryl methyl sites for hydroxylation is 1. The molecule has 3 rings (SSSR count). The fraction of sp³-hybridized carbons (Fsp3) is 0.167. The van der Waals surface area contributed by atoms with Gasteiger partial charge >= 0.3 is 0 Å². The number of benzene rings is 2. The maximum atomic E-state index is 5.85. The van der Waals surface area contributed by atoms with E-state index in [0.29, 0.717) is 11.8 Å². The first-order valence-electron chi connectivity index (χ1n) is 7.67. The number of nitrogens with one attached hydrogen (secondary N) is 1. The number of anilines is 3. The number of aromatic nitrogens is 3. The molecule has 0 radical (unpaired) electrons. The SMILES string of the molecule is Cc1ccc(S[C@@H](C)c2nc(N)nc(Nc3ccccc3)n2)cc1. The summed E-state index contributed by atoms with van der Waals surface area (Å²) in [6.45, 7) is 4.14. The highest BCUT2D eigenvalue weighted by Gasteiger charge is 2.14. The lowest BCUT2D eigenvalue weighted by Crippen LogP contribution is -2.08. The van der Waals surface area contributed by atoms with Crippen molar-refractivity contribution in [1.82, 2.24) is 15.0 Å². The zero-order chi connectivity index (χ0) is 16.9. The van der Waals surface area contributed by atoms with Gasteiger partial charge in [0.05, 0.1) is 5.25 Å². The van der Waals surface area contributed by atoms with Gasteiger partial charge in [-0.3, -0.25) is 0 Å². The molecular formula is C18H19N5S. The molecule has 0 saturated heterocycles. The summed E-state index contributed by atoms with van der Waals surface area (Å²) in [7, 11) is 0. The molecule has 3 N–H and O–H groups in total. The smallest absolute Gasteiger partial charge is 0.232 e. The molecule has 1 atom stereocenters. The second-order valence-corrected chi connectivity index (χ2v) is 6.85. The fourth-order valence-electron chi connectivity index (χ4n) is 2.17. The Kier molecular flexibility index (Phi) is 4.96. The molecule has 1 heterocycles. The number of nitrogen functional groups attached to an aromatic ring is 1. The molecular weight excluding hydrogens is 318 g/mol. The van der Waals surface area contributed by atoms with Crippen LogP contribution >= 0.6 is 11.8 Å². The number of nitrogens with zero attached hydrogens (tertiary/aromatic N) is 3. The molecule has 122 valence electrons. The average Bonchev–Trinajstić information content (AvgIpc) is 2.57. The lowest BCUT2D eigenvalue weighted by Gasteiger charge is -2.12. The van der Waals surface area contributed by atoms with Crippen LogP contribution in [0.1, 0.15) is 23.6 Å². The van der Waals surface area contributed by atoms with Crippen molar-refractivity contribution in [3.05, 3.63) is 66.0 Å². The number of para-hydroxylation sites is 1. The first-order chi connectivity index (χ1) is 11.6. The van der Waals surface area contributed by atoms with Gasteiger partial charge in [-0.1, -0.05) is 35.9 Å². The summed E-state index contributed by atoms with van der Waals surface area (Å²) in [4.78, 5) is 14.1. The van der Waals surface area contributed by atoms with Crippen molar-refractivity contribution in [3.8, 4) is 0 Å². The van der Waals surface area contributed by atoms with Crippen molar-refractivity contribution in [1.29, 1.82) is 0 Å². The van der Waals surface area contributed by atoms with Crippen molar-refractivity contribution in [2.45, 2.75) is 24.0 Å². The molecule has 2 aromatic carbocycles. The standard InChI is InChI=1S/C18H19N5S/c1-12-8-10-15(11-9-12)24-13(2)16-21-17(19)23-18(22-16)20-14-6-4-3-5-7-14/h3-11,13H,1-2H3,(H3,19,20,21,22,23)/t13-/m0/s1. The molecule has 1 aromatic heterocycles. The van der Waals surface area contributed by atoms with Gasteiger partial charge in [-0.05, 0) is 38.1 Å². The van der Waals surface area contributed by atoms with Gasteiger partial charge in [-0.2, -0.15) is 15.0 Å². The zero-order valence-electron chi connectivity index (χ0n) is 13.6. The summed E-state index contributed by atoms with van der Waals surface area (Å²) in [5, 5.41) is 3.22. The quantitative estimate of drug-likeness (QED) is 0.674. The Morgan fingerprint density at radius 1 is 0.958 bits per heavy atom. The lowest BCUT2D eigenvalue weighted by atomic mass is 10.2. The molecule has 3 aromatic rings. The van der Waals surface area contributed by atoms with Gasteiger partial charge < -0.3 is 11.1 Å². The van der Waals surface area contributed by atoms with Crippen molar-refractivity contribution in [3.63, 3.8) is 0 Å². The van der Waals surface area contributed by atoms with E-state index in [1.165, 1.54) is 10.5 Å². The molecule has 0 spiro atoms. The van der Waals surface area contributed by atoms with Crippen LogP contribution in [0.3, 0.4) is 0 Å². The third-order valence-corrected chi connectivity index (χ3v) is 4.51. The second kappa shape index (κ2) is 7.31. The molecule has 24 heavy (non-hydrogen) atoms. The summed E-state index contributed by atoms with van der Waals surface area (Å²) in [5.74, 6) is 1.33. The summed E-state index contributed by atoms with van der Waals surface area (Å²) in [5.41, 5.74) is 8.00. The highest BCUT2D eigenvalue weighted by Crippen LogP contribution is 2.33. The second-order valence-electron chi connectivity index (χ2n) is 5.44. The van der Waals surface area contributed by atoms with E-state index >= 15 is 0 Å². The van der Waals surface area contributed by atoms with E-state index < -0.39 is 0 Å². The Morgan fingerprint density at radius 2 is 1.67 bits per heavy atom. The van der Waals surface area contributed by atoms with Crippen LogP contribution in [0.2, 0.25) is 0 Å². The van der Waals surface area contributed by atoms with Gasteiger partial charge in [0.15, 0.2) is 0 Å². The predicted octanol–water partition coefficient (Wildman–Crippen LogP) is 4.36. The minimum Gasteiger partial charge on any atom is -0.368 e. The molecule has 0 amide bonds. The Balaban J connectivity index is 1.78. The van der Waals surface area contributed by atoms with Gasteiger partial charge in [-0.15, -0.1) is 11.8 Å². The van der Waals surface area contributed by atoms with Gasteiger partial charge in [-0.25, -0.2) is 0 Å². The molecule has 0 bridgehead atoms. The summed E-state index contributed by atoms with van der Waals surface area (Å²) in [6.07, 6.45) is 0. The van der Waals surface area contributed by atoms with E-state index in [1.54, 1.807) is 11.8 Å². The number of hydrogen-bond donors (Lipinski definition) is 2. The third-order valence-electron chi connectivity index (χ3n) is 3.40. The van der Waals surface area contributed by atoms with E-state index in [1.807, 2.05) is 30.3 Å². The molecule has 0 aliphatic rings. The van der Waals surface area contributed by atoms with E-state index in [0.717, 1.165) is 5.69 Å². The van der Waals surface area contributed by atoms with Crippen LogP contribution in [0.15, 0.2) is 59.5 Å². The van der Waals surface area contributed by atoms with Gasteiger partial charge in [0.25, 0.3) is 0 Å². The zero-order valence-corrected chi connectivity index (χ0v) is 14.4. The van der Waals surface area contributed by atoms with Crippen molar-refractivity contribution < 1.29 is 0 Å². The normalized spacial score (nSPS) is 11.9. The average molecular weight is 337 g/mol. The molecule has 5 nitrogen and oxygen atoms in total. The lowest BCUT2D eigenvalue weighted by molar-refractivity contribution is 0.896. The molecule has 6 heteroatoms. The fourth-order valence-corrected chi connectivity index (χ4v) is 3.08. The topological polar surface area (TPSA) is 76.7 Å². The largest absolute Gasteiger partial charge is 0.368 e. The van der Waals surface area contributed by atoms with Gasteiger partial charge in [0.1, 0.15) is 5.82 Å². The van der Waals surface area contributed by atoms with E-state index in [2.05, 4.69) is 58.4 Å². The molecule has 0 aliphatic heterocycles. The van der Waals surface area contributed by atoms with E-state index in [9.17, 15) is 0 Å². The Bertz CT molecular complexity index is 805. The first kappa shape index (κ1) is 16.3. The van der Waals surface area contributed by atoms with Crippen LogP contribution in [-0.4, -0.2) is 15.0 Å². The van der Waals surface area contributed by atoms with Gasteiger partial charge in [0, 0.05) is 10.6 Å². The van der Waals surface area contributed by atoms with Crippen LogP contribution in [-0.2, 0) is 0 Å². The first-order valence-corrected chi connectivity index (χ1v) is 8.55. The predicted molar refractivity (Wildman–Crippen MR) is 99.4 cm³/mol. The number of hydrogen-bond acceptors (Lipinski definition) is 6. The maximum Gasteiger partial charge on any atom is 0.232 e. The highest BCUT2D eigenvalue weighted by atomic mass is 32.2. The molecule has 0 fully saturated rings. The molecule has 0 unspecified atom stereocenters. The highest BCUT2D eigenvalue weighted by molar-refractivity contribution is 7.99. The van der Waals surface area contributed by atoms with Crippen LogP contribution in [0, 0.1) is 6.92 Å². The van der Waals surface area contributed by atoms with Crippen LogP contribution in [0.25, 0.3) is 0 Å². The maximum absolute atomic E-state index is 5.85. The van der Waals surface area contributed by atoms with E-state index in [-0.39, 0.29) is 11.2 Å². The number of rotatable bonds is 5. The summed E-state index contributed by atoms with van der Waals surface area (Å²) in [6, 6.07) is 18.1. The Labute approximate surface area is 145 Å². The van der Waals surface area contributed by atoms with E-state index in [4.69, 9.17) is 5.73 Å². The van der Waals surface area contributed by atoms with Crippen molar-refractivity contribution in [2.24, 2.45) is 0 Å². The van der Waals surface area contributed by atoms with Gasteiger partial charge in [0.2, 0.25) is 11.9 Å². The monoisotopic (exact) mass is 337 g/mol. The molecule has 0 saturated carbocycles. The minimum absolute atomic E-state index is 0.0642. The van der Waals surface area contributed by atoms with Crippen LogP contribution in [0.4, 0.5) is 17.6 Å². The molecule has 0 aliphatic carbocycles. The number of thioether (sulfide) groups is 1. The summed E-state index contributed by atoms with van der Waals surface area (Å²) < 4.78 is 0. The Morgan fingerprint density at radius 3 is 2.38 bits per heavy atom. The van der Waals surface area contributed by atoms with Crippen LogP contribution < -0.4 is 11.1 Å². The van der Waals surface area contributed by atoms with Crippen LogP contribution in [0.5, 0.6) is 0 Å². The van der Waals surface area contributed by atoms with Crippen molar-refractivity contribution >= 4 is 29.3 Å². The number of nitrogens with two attached hydrogens (primary N) is 1.